The lowest BCUT2D eigenvalue weighted by Gasteiger charge is -2.29. The summed E-state index contributed by atoms with van der Waals surface area (Å²) in [5.74, 6) is 0. The average Bonchev–Trinajstić information content (AvgIpc) is 3.06. The molecule has 0 bridgehead atoms. The molecule has 2 N–H and O–H groups in total. The number of para-hydroxylation sites is 2. The first-order chi connectivity index (χ1) is 11.0. The summed E-state index contributed by atoms with van der Waals surface area (Å²) < 4.78 is 0. The number of anilines is 2. The van der Waals surface area contributed by atoms with Crippen molar-refractivity contribution < 1.29 is 9.90 Å². The summed E-state index contributed by atoms with van der Waals surface area (Å²) in [5, 5.41) is 12.3. The van der Waals surface area contributed by atoms with Crippen LogP contribution in [0.1, 0.15) is 39.0 Å². The van der Waals surface area contributed by atoms with Crippen molar-refractivity contribution in [3.63, 3.8) is 0 Å². The summed E-state index contributed by atoms with van der Waals surface area (Å²) in [6.45, 7) is 2.27. The van der Waals surface area contributed by atoms with Crippen LogP contribution >= 0.6 is 0 Å². The largest absolute Gasteiger partial charge is 0.393 e. The molecule has 23 heavy (non-hydrogen) atoms. The zero-order valence-electron chi connectivity index (χ0n) is 14.5. The summed E-state index contributed by atoms with van der Waals surface area (Å²) in [7, 11) is 3.86. The van der Waals surface area contributed by atoms with Crippen LogP contribution < -0.4 is 10.2 Å². The van der Waals surface area contributed by atoms with E-state index in [0.29, 0.717) is 19.0 Å². The normalized spacial score (nSPS) is 16.2. The minimum absolute atomic E-state index is 0.141. The molecule has 2 amide bonds. The van der Waals surface area contributed by atoms with Crippen LogP contribution in [-0.4, -0.2) is 48.8 Å². The van der Waals surface area contributed by atoms with E-state index in [2.05, 4.69) is 23.3 Å². The van der Waals surface area contributed by atoms with Crippen molar-refractivity contribution in [2.24, 2.45) is 0 Å². The van der Waals surface area contributed by atoms with E-state index < -0.39 is 6.10 Å². The molecule has 1 aliphatic carbocycles. The van der Waals surface area contributed by atoms with Gasteiger partial charge in [0.1, 0.15) is 0 Å². The molecule has 0 saturated heterocycles. The van der Waals surface area contributed by atoms with Gasteiger partial charge in [0.25, 0.3) is 0 Å². The van der Waals surface area contributed by atoms with Crippen LogP contribution in [-0.2, 0) is 0 Å². The van der Waals surface area contributed by atoms with Gasteiger partial charge in [-0.2, -0.15) is 0 Å². The van der Waals surface area contributed by atoms with Crippen LogP contribution in [0, 0.1) is 0 Å². The molecule has 0 spiro atoms. The smallest absolute Gasteiger partial charge is 0.321 e. The minimum Gasteiger partial charge on any atom is -0.393 e. The standard InChI is InChI=1S/C18H29N3O2/c1-14(22)12-13-20(2)18(23)19-16-10-6-7-11-17(16)21(3)15-8-4-5-9-15/h6-7,10-11,14-15,22H,4-5,8-9,12-13H2,1-3H3,(H,19,23). The van der Waals surface area contributed by atoms with E-state index in [1.807, 2.05) is 18.2 Å². The van der Waals surface area contributed by atoms with Gasteiger partial charge in [-0.05, 0) is 38.3 Å². The Kier molecular flexibility index (Phi) is 6.28. The Labute approximate surface area is 139 Å². The predicted octanol–water partition coefficient (Wildman–Crippen LogP) is 3.30. The van der Waals surface area contributed by atoms with Gasteiger partial charge in [0, 0.05) is 26.7 Å². The van der Waals surface area contributed by atoms with Crippen molar-refractivity contribution in [1.29, 1.82) is 0 Å². The van der Waals surface area contributed by atoms with Crippen molar-refractivity contribution in [2.45, 2.75) is 51.2 Å². The molecule has 0 heterocycles. The molecule has 1 aromatic carbocycles. The monoisotopic (exact) mass is 319 g/mol. The fraction of sp³-hybridized carbons (Fsp3) is 0.611. The number of aliphatic hydroxyl groups is 1. The summed E-state index contributed by atoms with van der Waals surface area (Å²) in [5.41, 5.74) is 1.91. The van der Waals surface area contributed by atoms with E-state index in [1.165, 1.54) is 25.7 Å². The van der Waals surface area contributed by atoms with Crippen LogP contribution in [0.15, 0.2) is 24.3 Å². The van der Waals surface area contributed by atoms with Gasteiger partial charge in [0.15, 0.2) is 0 Å². The molecule has 0 aromatic heterocycles. The Hall–Kier alpha value is -1.75. The van der Waals surface area contributed by atoms with E-state index >= 15 is 0 Å². The third-order valence-corrected chi connectivity index (χ3v) is 4.63. The number of urea groups is 1. The molecule has 1 unspecified atom stereocenters. The highest BCUT2D eigenvalue weighted by Gasteiger charge is 2.22. The molecule has 1 saturated carbocycles. The topological polar surface area (TPSA) is 55.8 Å². The van der Waals surface area contributed by atoms with Crippen LogP contribution in [0.3, 0.4) is 0 Å². The Bertz CT molecular complexity index is 513. The van der Waals surface area contributed by atoms with Gasteiger partial charge in [-0.3, -0.25) is 0 Å². The van der Waals surface area contributed by atoms with Gasteiger partial charge in [-0.25, -0.2) is 4.79 Å². The fourth-order valence-corrected chi connectivity index (χ4v) is 3.07. The van der Waals surface area contributed by atoms with Crippen LogP contribution in [0.2, 0.25) is 0 Å². The number of amides is 2. The summed E-state index contributed by atoms with van der Waals surface area (Å²) in [4.78, 5) is 16.2. The molecule has 0 aliphatic heterocycles. The fourth-order valence-electron chi connectivity index (χ4n) is 3.07. The quantitative estimate of drug-likeness (QED) is 0.846. The highest BCUT2D eigenvalue weighted by molar-refractivity contribution is 5.93. The summed E-state index contributed by atoms with van der Waals surface area (Å²) >= 11 is 0. The number of rotatable bonds is 6. The van der Waals surface area contributed by atoms with E-state index in [0.717, 1.165) is 11.4 Å². The third kappa shape index (κ3) is 4.86. The Morgan fingerprint density at radius 3 is 2.61 bits per heavy atom. The van der Waals surface area contributed by atoms with E-state index in [1.54, 1.807) is 18.9 Å². The summed E-state index contributed by atoms with van der Waals surface area (Å²) in [6.07, 6.45) is 5.18. The van der Waals surface area contributed by atoms with Gasteiger partial charge in [0.05, 0.1) is 17.5 Å². The van der Waals surface area contributed by atoms with Crippen molar-refractivity contribution in [1.82, 2.24) is 4.90 Å². The molecule has 5 heteroatoms. The van der Waals surface area contributed by atoms with Crippen LogP contribution in [0.5, 0.6) is 0 Å². The van der Waals surface area contributed by atoms with Crippen molar-refractivity contribution in [2.75, 3.05) is 30.9 Å². The molecule has 1 aromatic rings. The number of benzene rings is 1. The lowest BCUT2D eigenvalue weighted by Crippen LogP contribution is -2.34. The second-order valence-corrected chi connectivity index (χ2v) is 6.56. The highest BCUT2D eigenvalue weighted by atomic mass is 16.3. The number of hydrogen-bond donors (Lipinski definition) is 2. The number of carbonyl (C=O) groups is 1. The molecule has 5 nitrogen and oxygen atoms in total. The SMILES string of the molecule is CC(O)CCN(C)C(=O)Nc1ccccc1N(C)C1CCCC1. The molecule has 128 valence electrons. The lowest BCUT2D eigenvalue weighted by atomic mass is 10.1. The second kappa shape index (κ2) is 8.20. The van der Waals surface area contributed by atoms with Gasteiger partial charge < -0.3 is 20.2 Å². The number of hydrogen-bond acceptors (Lipinski definition) is 3. The van der Waals surface area contributed by atoms with Crippen molar-refractivity contribution in [3.8, 4) is 0 Å². The second-order valence-electron chi connectivity index (χ2n) is 6.56. The first-order valence-corrected chi connectivity index (χ1v) is 8.51. The van der Waals surface area contributed by atoms with Crippen LogP contribution in [0.25, 0.3) is 0 Å². The van der Waals surface area contributed by atoms with Crippen molar-refractivity contribution in [3.05, 3.63) is 24.3 Å². The van der Waals surface area contributed by atoms with Gasteiger partial charge in [-0.15, -0.1) is 0 Å². The molecule has 1 aliphatic rings. The van der Waals surface area contributed by atoms with E-state index in [-0.39, 0.29) is 6.03 Å². The number of aliphatic hydroxyl groups excluding tert-OH is 1. The van der Waals surface area contributed by atoms with Gasteiger partial charge in [-0.1, -0.05) is 25.0 Å². The lowest BCUT2D eigenvalue weighted by molar-refractivity contribution is 0.167. The maximum absolute atomic E-state index is 12.3. The summed E-state index contributed by atoms with van der Waals surface area (Å²) in [6, 6.07) is 8.37. The van der Waals surface area contributed by atoms with E-state index in [4.69, 9.17) is 0 Å². The minimum atomic E-state index is -0.397. The molecule has 1 atom stereocenters. The molecular weight excluding hydrogens is 290 g/mol. The zero-order valence-corrected chi connectivity index (χ0v) is 14.5. The molecular formula is C18H29N3O2. The van der Waals surface area contributed by atoms with Gasteiger partial charge in [0.2, 0.25) is 0 Å². The molecule has 2 rings (SSSR count). The highest BCUT2D eigenvalue weighted by Crippen LogP contribution is 2.31. The Morgan fingerprint density at radius 1 is 1.30 bits per heavy atom. The third-order valence-electron chi connectivity index (χ3n) is 4.63. The van der Waals surface area contributed by atoms with Gasteiger partial charge >= 0.3 is 6.03 Å². The number of carbonyl (C=O) groups excluding carboxylic acids is 1. The maximum Gasteiger partial charge on any atom is 0.321 e. The maximum atomic E-state index is 12.3. The average molecular weight is 319 g/mol. The first kappa shape index (κ1) is 17.6. The van der Waals surface area contributed by atoms with Crippen LogP contribution in [0.4, 0.5) is 16.2 Å². The van der Waals surface area contributed by atoms with Crippen molar-refractivity contribution >= 4 is 17.4 Å². The number of nitrogens with zero attached hydrogens (tertiary/aromatic N) is 2. The zero-order chi connectivity index (χ0) is 16.8. The number of nitrogens with one attached hydrogen (secondary N) is 1. The Morgan fingerprint density at radius 2 is 1.96 bits per heavy atom. The van der Waals surface area contributed by atoms with E-state index in [9.17, 15) is 9.90 Å². The molecule has 1 fully saturated rings. The molecule has 0 radical (unpaired) electrons. The predicted molar refractivity (Wildman–Crippen MR) is 95.0 cm³/mol. The first-order valence-electron chi connectivity index (χ1n) is 8.51. The Balaban J connectivity index is 2.03.